The number of nitrogens with one attached hydrogen (secondary N) is 3. The van der Waals surface area contributed by atoms with Gasteiger partial charge in [-0.15, -0.1) is 0 Å². The molecule has 0 saturated heterocycles. The number of amides is 2. The summed E-state index contributed by atoms with van der Waals surface area (Å²) in [4.78, 5) is 39.3. The Morgan fingerprint density at radius 2 is 2.00 bits per heavy atom. The zero-order chi connectivity index (χ0) is 24.4. The molecule has 1 aromatic carbocycles. The van der Waals surface area contributed by atoms with Crippen LogP contribution in [0.5, 0.6) is 0 Å². The van der Waals surface area contributed by atoms with Gasteiger partial charge in [0, 0.05) is 23.5 Å². The molecular weight excluding hydrogens is 464 g/mol. The van der Waals surface area contributed by atoms with Crippen LogP contribution in [0, 0.1) is 29.9 Å². The van der Waals surface area contributed by atoms with E-state index in [1.807, 2.05) is 4.57 Å². The van der Waals surface area contributed by atoms with Crippen molar-refractivity contribution in [3.63, 3.8) is 0 Å². The maximum atomic E-state index is 13.6. The highest BCUT2D eigenvalue weighted by atomic mass is 32.2. The number of Topliss-reactive ketones (excluding diaryl/α,β-unsaturated/α-hetero) is 1. The number of thioether (sulfide) groups is 1. The number of carbonyl (C=O) groups is 3. The van der Waals surface area contributed by atoms with Crippen molar-refractivity contribution in [2.75, 3.05) is 5.32 Å². The monoisotopic (exact) mass is 486 g/mol. The maximum Gasteiger partial charge on any atom is 0.293 e. The van der Waals surface area contributed by atoms with Gasteiger partial charge in [-0.05, 0) is 68.0 Å². The first-order chi connectivity index (χ1) is 16.2. The summed E-state index contributed by atoms with van der Waals surface area (Å²) in [5, 5.41) is 18.8. The summed E-state index contributed by atoms with van der Waals surface area (Å²) >= 11 is 0.993. The molecule has 11 heteroatoms. The largest absolute Gasteiger partial charge is 0.336 e. The molecule has 2 amide bonds. The van der Waals surface area contributed by atoms with Gasteiger partial charge in [0.05, 0.1) is 11.1 Å². The molecule has 2 unspecified atom stereocenters. The average molecular weight is 487 g/mol. The van der Waals surface area contributed by atoms with Crippen LogP contribution < -0.4 is 16.0 Å². The molecule has 2 fully saturated rings. The highest BCUT2D eigenvalue weighted by molar-refractivity contribution is 8.24. The van der Waals surface area contributed by atoms with E-state index in [4.69, 9.17) is 10.8 Å². The van der Waals surface area contributed by atoms with Gasteiger partial charge in [-0.2, -0.15) is 0 Å². The first-order valence-corrected chi connectivity index (χ1v) is 11.7. The summed E-state index contributed by atoms with van der Waals surface area (Å²) in [6.07, 6.45) is 2.62. The fourth-order valence-electron chi connectivity index (χ4n) is 4.82. The summed E-state index contributed by atoms with van der Waals surface area (Å²) < 4.78 is 28.7. The molecular formula is C23H22F2N5O3S+. The van der Waals surface area contributed by atoms with Gasteiger partial charge in [0.15, 0.2) is 11.6 Å². The minimum atomic E-state index is -1.09. The number of fused-ring (bicyclic) bond motifs is 3. The van der Waals surface area contributed by atoms with Gasteiger partial charge in [0.1, 0.15) is 11.2 Å². The molecule has 0 spiro atoms. The lowest BCUT2D eigenvalue weighted by Gasteiger charge is -2.13. The van der Waals surface area contributed by atoms with Crippen molar-refractivity contribution >= 4 is 45.6 Å². The van der Waals surface area contributed by atoms with Crippen LogP contribution in [-0.4, -0.2) is 38.3 Å². The van der Waals surface area contributed by atoms with E-state index in [-0.39, 0.29) is 23.0 Å². The molecule has 1 aromatic heterocycles. The highest BCUT2D eigenvalue weighted by Gasteiger charge is 2.54. The fraction of sp³-hybridized carbons (Fsp3) is 0.348. The second-order valence-electron chi connectivity index (χ2n) is 8.98. The Hall–Kier alpha value is -3.34. The first kappa shape index (κ1) is 22.5. The third-order valence-corrected chi connectivity index (χ3v) is 7.57. The van der Waals surface area contributed by atoms with E-state index < -0.39 is 34.8 Å². The molecule has 34 heavy (non-hydrogen) atoms. The van der Waals surface area contributed by atoms with E-state index in [0.717, 1.165) is 35.9 Å². The van der Waals surface area contributed by atoms with E-state index in [9.17, 15) is 23.2 Å². The molecule has 1 aliphatic heterocycles. The Morgan fingerprint density at radius 3 is 2.65 bits per heavy atom. The van der Waals surface area contributed by atoms with Crippen molar-refractivity contribution in [3.05, 3.63) is 52.3 Å². The Balaban J connectivity index is 1.44. The fourth-order valence-corrected chi connectivity index (χ4v) is 5.43. The van der Waals surface area contributed by atoms with E-state index in [1.165, 1.54) is 6.07 Å². The number of aromatic nitrogens is 1. The van der Waals surface area contributed by atoms with Crippen LogP contribution in [0.3, 0.4) is 0 Å². The molecule has 2 heterocycles. The van der Waals surface area contributed by atoms with Crippen LogP contribution >= 0.6 is 11.8 Å². The number of hydrogen-bond donors (Lipinski definition) is 4. The molecule has 5 rings (SSSR count). The molecule has 5 N–H and O–H groups in total. The van der Waals surface area contributed by atoms with Gasteiger partial charge < -0.3 is 20.6 Å². The van der Waals surface area contributed by atoms with Crippen molar-refractivity contribution < 1.29 is 28.6 Å². The molecule has 8 nitrogen and oxygen atoms in total. The number of anilines is 1. The van der Waals surface area contributed by atoms with Crippen LogP contribution in [0.15, 0.2) is 18.2 Å². The van der Waals surface area contributed by atoms with Gasteiger partial charge in [-0.3, -0.25) is 14.4 Å². The molecule has 0 bridgehead atoms. The first-order valence-electron chi connectivity index (χ1n) is 10.8. The van der Waals surface area contributed by atoms with E-state index in [2.05, 4.69) is 10.6 Å². The van der Waals surface area contributed by atoms with E-state index in [1.54, 1.807) is 6.92 Å². The Morgan fingerprint density at radius 1 is 1.26 bits per heavy atom. The second kappa shape index (κ2) is 7.86. The summed E-state index contributed by atoms with van der Waals surface area (Å²) in [6.45, 7) is 1.61. The molecule has 2 atom stereocenters. The van der Waals surface area contributed by atoms with Crippen molar-refractivity contribution in [1.82, 2.24) is 9.88 Å². The van der Waals surface area contributed by atoms with Gasteiger partial charge in [-0.25, -0.2) is 14.2 Å². The van der Waals surface area contributed by atoms with Crippen LogP contribution in [0.1, 0.15) is 57.4 Å². The van der Waals surface area contributed by atoms with E-state index >= 15 is 0 Å². The number of carbonyl (C=O) groups excluding carboxylic acids is 3. The molecule has 2 aliphatic carbocycles. The molecule has 0 radical (unpaired) electrons. The predicted molar refractivity (Wildman–Crippen MR) is 122 cm³/mol. The average Bonchev–Trinajstić information content (AvgIpc) is 3.68. The van der Waals surface area contributed by atoms with Crippen molar-refractivity contribution in [2.24, 2.45) is 5.92 Å². The summed E-state index contributed by atoms with van der Waals surface area (Å²) in [7, 11) is 0. The van der Waals surface area contributed by atoms with Crippen molar-refractivity contribution in [1.29, 1.82) is 5.41 Å². The number of benzene rings is 1. The predicted octanol–water partition coefficient (Wildman–Crippen LogP) is 1.77. The molecule has 2 saturated carbocycles. The number of halogens is 2. The Bertz CT molecular complexity index is 1300. The molecule has 3 aliphatic rings. The van der Waals surface area contributed by atoms with Gasteiger partial charge in [0.25, 0.3) is 17.6 Å². The lowest BCUT2D eigenvalue weighted by molar-refractivity contribution is -0.122. The third-order valence-electron chi connectivity index (χ3n) is 6.81. The lowest BCUT2D eigenvalue weighted by Crippen LogP contribution is -2.55. The molecule has 176 valence electrons. The smallest absolute Gasteiger partial charge is 0.293 e. The molecule has 2 aromatic rings. The minimum Gasteiger partial charge on any atom is -0.336 e. The van der Waals surface area contributed by atoms with Crippen molar-refractivity contribution in [3.8, 4) is 0 Å². The highest BCUT2D eigenvalue weighted by Crippen LogP contribution is 2.54. The van der Waals surface area contributed by atoms with Crippen LogP contribution in [0.2, 0.25) is 0 Å². The lowest BCUT2D eigenvalue weighted by atomic mass is 10.0. The van der Waals surface area contributed by atoms with Gasteiger partial charge in [0.2, 0.25) is 5.04 Å². The van der Waals surface area contributed by atoms with Crippen LogP contribution in [0.25, 0.3) is 0 Å². The standard InChI is InChI=1S/C23H21F2N5O3S/c1-10-17(19(31)21(33)29-23(4-5-23)22(27)34-9-26)16-7-11-6-15(11)30(16)18(10)20(32)28-12-2-3-13(24)14(25)8-12/h2-3,8-9,11,15,26-27H,4-7H2,1H3,(H,28,32)(H,29,33)/p+1. The third kappa shape index (κ3) is 3.54. The topological polar surface area (TPSA) is 130 Å². The van der Waals surface area contributed by atoms with Gasteiger partial charge in [-0.1, -0.05) is 0 Å². The minimum absolute atomic E-state index is 0.0757. The SMILES string of the molecule is Cc1c(C(=O)C(=O)NC2(C(=[NH2+])SC=N)CC2)c2n(c1C(=O)Nc1ccc(F)c(F)c1)C1CC1C2. The number of rotatable bonds is 7. The van der Waals surface area contributed by atoms with Crippen molar-refractivity contribution in [2.45, 2.75) is 44.2 Å². The van der Waals surface area contributed by atoms with E-state index in [0.29, 0.717) is 41.5 Å². The number of nitrogens with zero attached hydrogens (tertiary/aromatic N) is 1. The zero-order valence-electron chi connectivity index (χ0n) is 18.2. The van der Waals surface area contributed by atoms with Gasteiger partial charge >= 0.3 is 0 Å². The van der Waals surface area contributed by atoms with Crippen LogP contribution in [0.4, 0.5) is 14.5 Å². The normalized spacial score (nSPS) is 20.7. The second-order valence-corrected chi connectivity index (χ2v) is 9.89. The maximum absolute atomic E-state index is 13.6. The summed E-state index contributed by atoms with van der Waals surface area (Å²) in [5.74, 6) is -3.92. The Kier molecular flexibility index (Phi) is 5.19. The number of nitrogens with two attached hydrogens (primary N) is 1. The zero-order valence-corrected chi connectivity index (χ0v) is 19.0. The summed E-state index contributed by atoms with van der Waals surface area (Å²) in [5.41, 5.74) is 1.81. The number of hydrogen-bond acceptors (Lipinski definition) is 5. The number of ketones is 1. The summed E-state index contributed by atoms with van der Waals surface area (Å²) in [6, 6.07) is 3.13. The Labute approximate surface area is 197 Å². The van der Waals surface area contributed by atoms with Crippen LogP contribution in [-0.2, 0) is 11.2 Å². The quantitative estimate of drug-likeness (QED) is 0.206.